The van der Waals surface area contributed by atoms with Gasteiger partial charge in [-0.2, -0.15) is 0 Å². The predicted octanol–water partition coefficient (Wildman–Crippen LogP) is 4.27. The zero-order valence-corrected chi connectivity index (χ0v) is 13.9. The van der Waals surface area contributed by atoms with Gasteiger partial charge in [0.2, 0.25) is 0 Å². The summed E-state index contributed by atoms with van der Waals surface area (Å²) in [6, 6.07) is 8.21. The fourth-order valence-electron chi connectivity index (χ4n) is 2.20. The molecule has 0 fully saturated rings. The van der Waals surface area contributed by atoms with Gasteiger partial charge in [0.05, 0.1) is 12.3 Å². The number of hydrogen-bond donors (Lipinski definition) is 1. The van der Waals surface area contributed by atoms with Crippen molar-refractivity contribution < 1.29 is 4.74 Å². The molecule has 3 nitrogen and oxygen atoms in total. The fourth-order valence-corrected chi connectivity index (χ4v) is 3.27. The highest BCUT2D eigenvalue weighted by Crippen LogP contribution is 2.31. The van der Waals surface area contributed by atoms with E-state index in [-0.39, 0.29) is 0 Å². The predicted molar refractivity (Wildman–Crippen MR) is 90.1 cm³/mol. The molecule has 1 N–H and O–H groups in total. The summed E-state index contributed by atoms with van der Waals surface area (Å²) in [5.41, 5.74) is 2.38. The molecule has 21 heavy (non-hydrogen) atoms. The number of nitrogens with zero attached hydrogens (tertiary/aromatic N) is 1. The summed E-state index contributed by atoms with van der Waals surface area (Å²) in [5, 5.41) is 4.50. The topological polar surface area (TPSA) is 34.1 Å². The first-order valence-electron chi connectivity index (χ1n) is 7.71. The van der Waals surface area contributed by atoms with Gasteiger partial charge in [0.1, 0.15) is 10.8 Å². The van der Waals surface area contributed by atoms with E-state index in [4.69, 9.17) is 9.72 Å². The lowest BCUT2D eigenvalue weighted by molar-refractivity contribution is 0.340. The van der Waals surface area contributed by atoms with E-state index in [1.54, 1.807) is 11.3 Å². The Hall–Kier alpha value is -1.39. The third kappa shape index (κ3) is 4.29. The van der Waals surface area contributed by atoms with Crippen LogP contribution in [-0.2, 0) is 13.0 Å². The molecule has 1 heterocycles. The molecule has 0 saturated carbocycles. The van der Waals surface area contributed by atoms with Crippen LogP contribution in [0.25, 0.3) is 10.6 Å². The molecule has 1 aromatic carbocycles. The molecule has 4 heteroatoms. The second-order valence-corrected chi connectivity index (χ2v) is 5.96. The second-order valence-electron chi connectivity index (χ2n) is 4.88. The Morgan fingerprint density at radius 3 is 2.81 bits per heavy atom. The lowest BCUT2D eigenvalue weighted by Crippen LogP contribution is -2.11. The average molecular weight is 304 g/mol. The van der Waals surface area contributed by atoms with Crippen molar-refractivity contribution in [2.45, 2.75) is 40.2 Å². The normalized spacial score (nSPS) is 10.8. The van der Waals surface area contributed by atoms with Crippen LogP contribution in [0.15, 0.2) is 24.3 Å². The van der Waals surface area contributed by atoms with E-state index in [2.05, 4.69) is 31.3 Å². The van der Waals surface area contributed by atoms with Crippen molar-refractivity contribution in [3.8, 4) is 16.3 Å². The fraction of sp³-hybridized carbons (Fsp3) is 0.471. The van der Waals surface area contributed by atoms with Gasteiger partial charge in [-0.1, -0.05) is 32.4 Å². The van der Waals surface area contributed by atoms with Crippen LogP contribution in [-0.4, -0.2) is 18.1 Å². The minimum absolute atomic E-state index is 0.689. The molecule has 1 aromatic heterocycles. The number of thiazole rings is 1. The second kappa shape index (κ2) is 8.15. The number of hydrogen-bond acceptors (Lipinski definition) is 4. The molecule has 0 radical (unpaired) electrons. The first kappa shape index (κ1) is 16.0. The maximum atomic E-state index is 5.58. The largest absolute Gasteiger partial charge is 0.494 e. The van der Waals surface area contributed by atoms with E-state index in [0.717, 1.165) is 42.3 Å². The Kier molecular flexibility index (Phi) is 6.21. The van der Waals surface area contributed by atoms with Gasteiger partial charge in [0, 0.05) is 17.0 Å². The zero-order valence-electron chi connectivity index (χ0n) is 13.1. The minimum Gasteiger partial charge on any atom is -0.494 e. The number of benzene rings is 1. The van der Waals surface area contributed by atoms with Crippen molar-refractivity contribution in [3.05, 3.63) is 34.8 Å². The van der Waals surface area contributed by atoms with Gasteiger partial charge in [-0.25, -0.2) is 4.98 Å². The summed E-state index contributed by atoms with van der Waals surface area (Å²) in [4.78, 5) is 6.20. The molecule has 2 aromatic rings. The number of ether oxygens (including phenoxy) is 1. The van der Waals surface area contributed by atoms with E-state index >= 15 is 0 Å². The molecule has 0 saturated heterocycles. The number of aryl methyl sites for hydroxylation is 1. The van der Waals surface area contributed by atoms with Crippen LogP contribution >= 0.6 is 11.3 Å². The van der Waals surface area contributed by atoms with Gasteiger partial charge in [0.25, 0.3) is 0 Å². The highest BCUT2D eigenvalue weighted by atomic mass is 32.1. The first-order valence-corrected chi connectivity index (χ1v) is 8.52. The van der Waals surface area contributed by atoms with E-state index in [1.165, 1.54) is 10.6 Å². The van der Waals surface area contributed by atoms with Crippen LogP contribution in [0.3, 0.4) is 0 Å². The van der Waals surface area contributed by atoms with Gasteiger partial charge in [0.15, 0.2) is 0 Å². The Balaban J connectivity index is 2.28. The lowest BCUT2D eigenvalue weighted by atomic mass is 10.2. The molecule has 2 rings (SSSR count). The van der Waals surface area contributed by atoms with Gasteiger partial charge < -0.3 is 10.1 Å². The molecule has 0 amide bonds. The first-order chi connectivity index (χ1) is 10.3. The van der Waals surface area contributed by atoms with Crippen molar-refractivity contribution in [2.75, 3.05) is 13.2 Å². The van der Waals surface area contributed by atoms with Gasteiger partial charge >= 0.3 is 0 Å². The van der Waals surface area contributed by atoms with Crippen LogP contribution in [0.2, 0.25) is 0 Å². The van der Waals surface area contributed by atoms with Crippen molar-refractivity contribution in [1.29, 1.82) is 0 Å². The third-order valence-corrected chi connectivity index (χ3v) is 4.34. The molecule has 0 bridgehead atoms. The standard InChI is InChI=1S/C17H24N2OS/c1-4-8-15-16(12-18-5-2)21-17(19-15)13-9-7-10-14(11-13)20-6-3/h7,9-11,18H,4-6,8,12H2,1-3H3. The molecular weight excluding hydrogens is 280 g/mol. The molecule has 0 aliphatic carbocycles. The van der Waals surface area contributed by atoms with Crippen LogP contribution in [0.5, 0.6) is 5.75 Å². The summed E-state index contributed by atoms with van der Waals surface area (Å²) >= 11 is 1.79. The highest BCUT2D eigenvalue weighted by molar-refractivity contribution is 7.15. The Morgan fingerprint density at radius 2 is 2.10 bits per heavy atom. The molecule has 0 aliphatic rings. The Bertz CT molecular complexity index is 566. The molecule has 0 aliphatic heterocycles. The Morgan fingerprint density at radius 1 is 1.24 bits per heavy atom. The van der Waals surface area contributed by atoms with Crippen molar-refractivity contribution >= 4 is 11.3 Å². The van der Waals surface area contributed by atoms with E-state index in [1.807, 2.05) is 19.1 Å². The molecule has 0 unspecified atom stereocenters. The van der Waals surface area contributed by atoms with Crippen molar-refractivity contribution in [2.24, 2.45) is 0 Å². The summed E-state index contributed by atoms with van der Waals surface area (Å²) in [6.07, 6.45) is 2.17. The summed E-state index contributed by atoms with van der Waals surface area (Å²) in [6.45, 7) is 8.92. The molecule has 114 valence electrons. The van der Waals surface area contributed by atoms with Crippen LogP contribution in [0.1, 0.15) is 37.8 Å². The van der Waals surface area contributed by atoms with Gasteiger partial charge in [-0.15, -0.1) is 11.3 Å². The van der Waals surface area contributed by atoms with E-state index < -0.39 is 0 Å². The average Bonchev–Trinajstić information content (AvgIpc) is 2.89. The molecule has 0 atom stereocenters. The maximum absolute atomic E-state index is 5.58. The Labute approximate surface area is 131 Å². The lowest BCUT2D eigenvalue weighted by Gasteiger charge is -2.03. The maximum Gasteiger partial charge on any atom is 0.124 e. The summed E-state index contributed by atoms with van der Waals surface area (Å²) in [7, 11) is 0. The highest BCUT2D eigenvalue weighted by Gasteiger charge is 2.12. The summed E-state index contributed by atoms with van der Waals surface area (Å²) < 4.78 is 5.58. The SMILES string of the molecule is CCCc1nc(-c2cccc(OCC)c2)sc1CNCC. The molecular formula is C17H24N2OS. The van der Waals surface area contributed by atoms with Crippen LogP contribution in [0.4, 0.5) is 0 Å². The molecule has 0 spiro atoms. The van der Waals surface area contributed by atoms with Crippen LogP contribution < -0.4 is 10.1 Å². The third-order valence-electron chi connectivity index (χ3n) is 3.19. The summed E-state index contributed by atoms with van der Waals surface area (Å²) in [5.74, 6) is 0.912. The number of rotatable bonds is 8. The van der Waals surface area contributed by atoms with Crippen molar-refractivity contribution in [3.63, 3.8) is 0 Å². The quantitative estimate of drug-likeness (QED) is 0.791. The number of aromatic nitrogens is 1. The smallest absolute Gasteiger partial charge is 0.124 e. The van der Waals surface area contributed by atoms with Crippen molar-refractivity contribution in [1.82, 2.24) is 10.3 Å². The number of nitrogens with one attached hydrogen (secondary N) is 1. The van der Waals surface area contributed by atoms with Gasteiger partial charge in [-0.3, -0.25) is 0 Å². The van der Waals surface area contributed by atoms with Crippen LogP contribution in [0, 0.1) is 0 Å². The van der Waals surface area contributed by atoms with Gasteiger partial charge in [-0.05, 0) is 32.0 Å². The van der Waals surface area contributed by atoms with E-state index in [0.29, 0.717) is 6.61 Å². The van der Waals surface area contributed by atoms with E-state index in [9.17, 15) is 0 Å². The monoisotopic (exact) mass is 304 g/mol. The minimum atomic E-state index is 0.689. The zero-order chi connectivity index (χ0) is 15.1.